The largest absolute Gasteiger partial charge is 0.328 e. The average molecular weight is 152 g/mol. The van der Waals surface area contributed by atoms with E-state index >= 15 is 0 Å². The van der Waals surface area contributed by atoms with Crippen LogP contribution in [0.2, 0.25) is 0 Å². The van der Waals surface area contributed by atoms with Crippen molar-refractivity contribution in [2.75, 3.05) is 0 Å². The van der Waals surface area contributed by atoms with Gasteiger partial charge in [-0.1, -0.05) is 20.8 Å². The maximum absolute atomic E-state index is 5.58. The van der Waals surface area contributed by atoms with Gasteiger partial charge in [-0.3, -0.25) is 0 Å². The molecule has 0 saturated carbocycles. The van der Waals surface area contributed by atoms with Gasteiger partial charge in [-0.15, -0.1) is 12.4 Å². The van der Waals surface area contributed by atoms with Crippen molar-refractivity contribution in [1.29, 1.82) is 0 Å². The van der Waals surface area contributed by atoms with E-state index in [0.717, 1.165) is 6.42 Å². The summed E-state index contributed by atoms with van der Waals surface area (Å²) in [4.78, 5) is 0. The predicted octanol–water partition coefficient (Wildman–Crippen LogP) is 2.19. The molecule has 0 amide bonds. The van der Waals surface area contributed by atoms with Crippen LogP contribution in [0.15, 0.2) is 0 Å². The Balaban J connectivity index is 0. The summed E-state index contributed by atoms with van der Waals surface area (Å²) in [6.07, 6.45) is 1.10. The lowest BCUT2D eigenvalue weighted by Gasteiger charge is -2.19. The molecule has 1 atom stereocenters. The van der Waals surface area contributed by atoms with Crippen molar-refractivity contribution >= 4 is 12.4 Å². The highest BCUT2D eigenvalue weighted by molar-refractivity contribution is 5.85. The first-order chi connectivity index (χ1) is 3.42. The fourth-order valence-electron chi connectivity index (χ4n) is 0.966. The monoisotopic (exact) mass is 151 g/mol. The molecule has 0 heterocycles. The quantitative estimate of drug-likeness (QED) is 0.611. The van der Waals surface area contributed by atoms with E-state index in [4.69, 9.17) is 5.73 Å². The van der Waals surface area contributed by atoms with E-state index in [1.54, 1.807) is 0 Å². The van der Waals surface area contributed by atoms with Gasteiger partial charge in [-0.05, 0) is 18.8 Å². The normalized spacial score (nSPS) is 14.3. The van der Waals surface area contributed by atoms with Crippen LogP contribution < -0.4 is 5.73 Å². The van der Waals surface area contributed by atoms with E-state index in [1.165, 1.54) is 0 Å². The molecule has 2 N–H and O–H groups in total. The lowest BCUT2D eigenvalue weighted by atomic mass is 9.89. The molecule has 0 aliphatic heterocycles. The van der Waals surface area contributed by atoms with Crippen LogP contribution in [0.4, 0.5) is 0 Å². The maximum Gasteiger partial charge on any atom is 0.00154 e. The minimum Gasteiger partial charge on any atom is -0.328 e. The molecule has 0 aromatic heterocycles. The van der Waals surface area contributed by atoms with Gasteiger partial charge < -0.3 is 5.73 Å². The van der Waals surface area contributed by atoms with Crippen molar-refractivity contribution in [1.82, 2.24) is 0 Å². The smallest absolute Gasteiger partial charge is 0.00154 e. The van der Waals surface area contributed by atoms with E-state index in [2.05, 4.69) is 20.8 Å². The van der Waals surface area contributed by atoms with Crippen molar-refractivity contribution in [3.8, 4) is 0 Å². The summed E-state index contributed by atoms with van der Waals surface area (Å²) in [5.41, 5.74) is 5.98. The molecule has 0 aliphatic carbocycles. The van der Waals surface area contributed by atoms with E-state index in [1.807, 2.05) is 6.92 Å². The summed E-state index contributed by atoms with van der Waals surface area (Å²) in [5.74, 6) is 0. The Morgan fingerprint density at radius 2 is 1.67 bits per heavy atom. The first-order valence-electron chi connectivity index (χ1n) is 3.17. The van der Waals surface area contributed by atoms with Gasteiger partial charge in [-0.25, -0.2) is 0 Å². The Morgan fingerprint density at radius 1 is 1.33 bits per heavy atom. The highest BCUT2D eigenvalue weighted by Crippen LogP contribution is 2.19. The standard InChI is InChI=1S/C7H17N.ClH/c1-6(8)5-7(2,3)4;/h6H,5,8H2,1-4H3;1H/t6-;/m0./s1. The molecule has 0 radical (unpaired) electrons. The second-order valence-corrected chi connectivity index (χ2v) is 3.74. The molecule has 0 aromatic carbocycles. The second kappa shape index (κ2) is 4.13. The zero-order valence-electron chi connectivity index (χ0n) is 6.77. The van der Waals surface area contributed by atoms with Crippen LogP contribution >= 0.6 is 12.4 Å². The van der Waals surface area contributed by atoms with Crippen LogP contribution in [0.3, 0.4) is 0 Å². The van der Waals surface area contributed by atoms with E-state index in [0.29, 0.717) is 11.5 Å². The van der Waals surface area contributed by atoms with Crippen molar-refractivity contribution in [3.05, 3.63) is 0 Å². The number of nitrogens with two attached hydrogens (primary N) is 1. The van der Waals surface area contributed by atoms with Crippen LogP contribution in [-0.4, -0.2) is 6.04 Å². The lowest BCUT2D eigenvalue weighted by molar-refractivity contribution is 0.349. The zero-order valence-corrected chi connectivity index (χ0v) is 7.59. The van der Waals surface area contributed by atoms with Gasteiger partial charge in [0.1, 0.15) is 0 Å². The van der Waals surface area contributed by atoms with E-state index < -0.39 is 0 Å². The summed E-state index contributed by atoms with van der Waals surface area (Å²) in [5, 5.41) is 0. The molecular weight excluding hydrogens is 134 g/mol. The topological polar surface area (TPSA) is 26.0 Å². The van der Waals surface area contributed by atoms with Crippen LogP contribution in [-0.2, 0) is 0 Å². The highest BCUT2D eigenvalue weighted by Gasteiger charge is 2.11. The fourth-order valence-corrected chi connectivity index (χ4v) is 0.966. The third-order valence-corrected chi connectivity index (χ3v) is 0.934. The SMILES string of the molecule is C[C@H](N)CC(C)(C)C.Cl. The minimum atomic E-state index is 0. The molecule has 2 heteroatoms. The fraction of sp³-hybridized carbons (Fsp3) is 1.00. The molecule has 1 nitrogen and oxygen atoms in total. The van der Waals surface area contributed by atoms with Gasteiger partial charge in [0.2, 0.25) is 0 Å². The van der Waals surface area contributed by atoms with Gasteiger partial charge in [0, 0.05) is 6.04 Å². The van der Waals surface area contributed by atoms with Crippen LogP contribution in [0, 0.1) is 5.41 Å². The third kappa shape index (κ3) is 11.7. The average Bonchev–Trinajstić information content (AvgIpc) is 1.21. The van der Waals surface area contributed by atoms with Crippen molar-refractivity contribution in [3.63, 3.8) is 0 Å². The van der Waals surface area contributed by atoms with Crippen molar-refractivity contribution < 1.29 is 0 Å². The molecule has 58 valence electrons. The number of halogens is 1. The van der Waals surface area contributed by atoms with Gasteiger partial charge in [-0.2, -0.15) is 0 Å². The van der Waals surface area contributed by atoms with Gasteiger partial charge >= 0.3 is 0 Å². The molecule has 0 aromatic rings. The molecular formula is C7H18ClN. The molecule has 0 spiro atoms. The summed E-state index contributed by atoms with van der Waals surface area (Å²) >= 11 is 0. The molecule has 9 heavy (non-hydrogen) atoms. The number of rotatable bonds is 1. The van der Waals surface area contributed by atoms with Crippen LogP contribution in [0.5, 0.6) is 0 Å². The molecule has 0 aliphatic rings. The van der Waals surface area contributed by atoms with Crippen LogP contribution in [0.25, 0.3) is 0 Å². The van der Waals surface area contributed by atoms with Crippen molar-refractivity contribution in [2.24, 2.45) is 11.1 Å². The Hall–Kier alpha value is 0.250. The summed E-state index contributed by atoms with van der Waals surface area (Å²) in [6.45, 7) is 8.66. The summed E-state index contributed by atoms with van der Waals surface area (Å²) in [7, 11) is 0. The predicted molar refractivity (Wildman–Crippen MR) is 45.0 cm³/mol. The molecule has 0 saturated heterocycles. The first-order valence-corrected chi connectivity index (χ1v) is 3.17. The minimum absolute atomic E-state index is 0. The summed E-state index contributed by atoms with van der Waals surface area (Å²) < 4.78 is 0. The lowest BCUT2D eigenvalue weighted by Crippen LogP contribution is -2.22. The zero-order chi connectivity index (χ0) is 6.78. The molecule has 0 bridgehead atoms. The Bertz CT molecular complexity index is 63.8. The Kier molecular flexibility index (Phi) is 5.49. The highest BCUT2D eigenvalue weighted by atomic mass is 35.5. The Labute approximate surface area is 64.4 Å². The maximum atomic E-state index is 5.58. The van der Waals surface area contributed by atoms with Gasteiger partial charge in [0.25, 0.3) is 0 Å². The number of hydrogen-bond donors (Lipinski definition) is 1. The third-order valence-electron chi connectivity index (χ3n) is 0.934. The molecule has 0 rings (SSSR count). The van der Waals surface area contributed by atoms with E-state index in [-0.39, 0.29) is 12.4 Å². The summed E-state index contributed by atoms with van der Waals surface area (Å²) in [6, 6.07) is 0.343. The first kappa shape index (κ1) is 12.0. The number of hydrogen-bond acceptors (Lipinski definition) is 1. The Morgan fingerprint density at radius 3 is 1.67 bits per heavy atom. The van der Waals surface area contributed by atoms with Crippen molar-refractivity contribution in [2.45, 2.75) is 40.2 Å². The van der Waals surface area contributed by atoms with E-state index in [9.17, 15) is 0 Å². The van der Waals surface area contributed by atoms with Gasteiger partial charge in [0.05, 0.1) is 0 Å². The molecule has 0 unspecified atom stereocenters. The molecule has 0 fully saturated rings. The second-order valence-electron chi connectivity index (χ2n) is 3.74. The van der Waals surface area contributed by atoms with Crippen LogP contribution in [0.1, 0.15) is 34.1 Å². The van der Waals surface area contributed by atoms with Gasteiger partial charge in [0.15, 0.2) is 0 Å².